The maximum atomic E-state index is 7.03. The highest BCUT2D eigenvalue weighted by atomic mass is 16.3. The second-order valence-corrected chi connectivity index (χ2v) is 13.4. The van der Waals surface area contributed by atoms with Gasteiger partial charge in [-0.1, -0.05) is 127 Å². The zero-order valence-electron chi connectivity index (χ0n) is 28.0. The average molecular weight is 664 g/mol. The van der Waals surface area contributed by atoms with Crippen molar-refractivity contribution in [1.29, 1.82) is 0 Å². The summed E-state index contributed by atoms with van der Waals surface area (Å²) >= 11 is 0. The number of para-hydroxylation sites is 1. The Balaban J connectivity index is 1.26. The molecule has 0 amide bonds. The van der Waals surface area contributed by atoms with E-state index in [1.54, 1.807) is 0 Å². The van der Waals surface area contributed by atoms with Gasteiger partial charge in [0.05, 0.1) is 28.1 Å². The Morgan fingerprint density at radius 3 is 1.77 bits per heavy atom. The molecule has 0 unspecified atom stereocenters. The predicted octanol–water partition coefficient (Wildman–Crippen LogP) is 12.8. The lowest BCUT2D eigenvalue weighted by Crippen LogP contribution is -1.98. The first-order valence-corrected chi connectivity index (χ1v) is 17.6. The largest absolute Gasteiger partial charge is 0.454 e. The highest BCUT2D eigenvalue weighted by Crippen LogP contribution is 2.44. The maximum absolute atomic E-state index is 7.03. The molecule has 242 valence electrons. The Morgan fingerprint density at radius 2 is 1.02 bits per heavy atom. The topological polar surface area (TPSA) is 43.9 Å². The van der Waals surface area contributed by atoms with Gasteiger partial charge >= 0.3 is 0 Å². The van der Waals surface area contributed by atoms with Crippen molar-refractivity contribution in [2.24, 2.45) is 0 Å². The molecule has 0 N–H and O–H groups in total. The molecule has 3 aromatic heterocycles. The normalized spacial score (nSPS) is 11.8. The summed E-state index contributed by atoms with van der Waals surface area (Å²) in [5.74, 6) is 0.682. The fourth-order valence-electron chi connectivity index (χ4n) is 7.91. The summed E-state index contributed by atoms with van der Waals surface area (Å²) in [6.07, 6.45) is 0. The minimum absolute atomic E-state index is 0.682. The first-order valence-electron chi connectivity index (χ1n) is 17.6. The lowest BCUT2D eigenvalue weighted by molar-refractivity contribution is 0.667. The van der Waals surface area contributed by atoms with Gasteiger partial charge in [0.2, 0.25) is 0 Å². The van der Waals surface area contributed by atoms with E-state index in [9.17, 15) is 0 Å². The number of furan rings is 1. The third kappa shape index (κ3) is 4.41. The molecule has 0 aliphatic rings. The van der Waals surface area contributed by atoms with Crippen LogP contribution in [0.3, 0.4) is 0 Å². The molecular weight excluding hydrogens is 635 g/mol. The highest BCUT2D eigenvalue weighted by molar-refractivity contribution is 6.19. The molecule has 4 heteroatoms. The molecular formula is C48H29N3O. The summed E-state index contributed by atoms with van der Waals surface area (Å²) in [6.45, 7) is 0. The van der Waals surface area contributed by atoms with Crippen LogP contribution in [0.1, 0.15) is 0 Å². The minimum Gasteiger partial charge on any atom is -0.454 e. The van der Waals surface area contributed by atoms with E-state index in [2.05, 4.69) is 156 Å². The van der Waals surface area contributed by atoms with Crippen LogP contribution in [0, 0.1) is 0 Å². The van der Waals surface area contributed by atoms with Gasteiger partial charge in [-0.25, -0.2) is 9.97 Å². The van der Waals surface area contributed by atoms with Crippen molar-refractivity contribution >= 4 is 65.3 Å². The minimum atomic E-state index is 0.682. The van der Waals surface area contributed by atoms with Crippen molar-refractivity contribution in [2.75, 3.05) is 0 Å². The summed E-state index contributed by atoms with van der Waals surface area (Å²) in [6, 6.07) is 61.9. The van der Waals surface area contributed by atoms with Gasteiger partial charge in [-0.2, -0.15) is 0 Å². The fourth-order valence-corrected chi connectivity index (χ4v) is 7.91. The Bertz CT molecular complexity index is 3120. The average Bonchev–Trinajstić information content (AvgIpc) is 3.74. The van der Waals surface area contributed by atoms with E-state index < -0.39 is 0 Å². The summed E-state index contributed by atoms with van der Waals surface area (Å²) in [4.78, 5) is 10.3. The zero-order valence-corrected chi connectivity index (χ0v) is 28.0. The number of aromatic nitrogens is 3. The molecule has 8 aromatic carbocycles. The van der Waals surface area contributed by atoms with Crippen molar-refractivity contribution in [3.8, 4) is 39.6 Å². The Kier molecular flexibility index (Phi) is 6.22. The van der Waals surface area contributed by atoms with Crippen LogP contribution in [0.4, 0.5) is 0 Å². The van der Waals surface area contributed by atoms with Crippen molar-refractivity contribution in [1.82, 2.24) is 14.5 Å². The molecule has 0 aliphatic carbocycles. The van der Waals surface area contributed by atoms with Crippen LogP contribution in [0.25, 0.3) is 105 Å². The smallest absolute Gasteiger partial charge is 0.160 e. The number of hydrogen-bond acceptors (Lipinski definition) is 3. The van der Waals surface area contributed by atoms with Crippen molar-refractivity contribution in [3.05, 3.63) is 176 Å². The van der Waals surface area contributed by atoms with Crippen LogP contribution in [0.5, 0.6) is 0 Å². The lowest BCUT2D eigenvalue weighted by atomic mass is 9.99. The van der Waals surface area contributed by atoms with Crippen LogP contribution in [0.2, 0.25) is 0 Å². The molecule has 3 heterocycles. The number of benzene rings is 8. The van der Waals surface area contributed by atoms with Crippen molar-refractivity contribution in [2.45, 2.75) is 0 Å². The summed E-state index contributed by atoms with van der Waals surface area (Å²) < 4.78 is 9.40. The quantitative estimate of drug-likeness (QED) is 0.188. The molecule has 0 atom stereocenters. The van der Waals surface area contributed by atoms with E-state index in [0.29, 0.717) is 5.82 Å². The molecule has 0 spiro atoms. The van der Waals surface area contributed by atoms with Crippen LogP contribution in [-0.4, -0.2) is 14.5 Å². The lowest BCUT2D eigenvalue weighted by Gasteiger charge is -2.13. The van der Waals surface area contributed by atoms with Gasteiger partial charge in [-0.05, 0) is 70.1 Å². The van der Waals surface area contributed by atoms with E-state index in [-0.39, 0.29) is 0 Å². The van der Waals surface area contributed by atoms with E-state index in [4.69, 9.17) is 14.4 Å². The molecule has 0 radical (unpaired) electrons. The van der Waals surface area contributed by atoms with E-state index >= 15 is 0 Å². The second-order valence-electron chi connectivity index (χ2n) is 13.4. The van der Waals surface area contributed by atoms with E-state index in [1.165, 1.54) is 21.5 Å². The van der Waals surface area contributed by atoms with Crippen molar-refractivity contribution < 1.29 is 4.42 Å². The molecule has 4 nitrogen and oxygen atoms in total. The van der Waals surface area contributed by atoms with E-state index in [1.807, 2.05) is 24.3 Å². The van der Waals surface area contributed by atoms with Gasteiger partial charge in [-0.15, -0.1) is 0 Å². The molecule has 0 fully saturated rings. The van der Waals surface area contributed by atoms with Gasteiger partial charge in [0.25, 0.3) is 0 Å². The maximum Gasteiger partial charge on any atom is 0.160 e. The van der Waals surface area contributed by atoms with Gasteiger partial charge in [0.15, 0.2) is 11.4 Å². The summed E-state index contributed by atoms with van der Waals surface area (Å²) in [7, 11) is 0. The Hall–Kier alpha value is -7.04. The molecule has 52 heavy (non-hydrogen) atoms. The summed E-state index contributed by atoms with van der Waals surface area (Å²) in [5.41, 5.74) is 9.63. The first kappa shape index (κ1) is 28.8. The van der Waals surface area contributed by atoms with Gasteiger partial charge in [0.1, 0.15) is 5.58 Å². The van der Waals surface area contributed by atoms with Gasteiger partial charge in [0, 0.05) is 38.2 Å². The van der Waals surface area contributed by atoms with Crippen LogP contribution < -0.4 is 0 Å². The van der Waals surface area contributed by atoms with Crippen LogP contribution in [0.15, 0.2) is 180 Å². The molecule has 0 saturated carbocycles. The zero-order chi connectivity index (χ0) is 34.2. The third-order valence-corrected chi connectivity index (χ3v) is 10.4. The number of nitrogens with zero attached hydrogens (tertiary/aromatic N) is 3. The Morgan fingerprint density at radius 1 is 0.423 bits per heavy atom. The SMILES string of the molecule is c1ccc(-c2cc(-c3ccc(-n4c5ccccc5c5cc6ccccc6cc54)c4oc5cc6ccccc6cc5c34)nc(-c3ccccc3)n2)cc1. The third-order valence-electron chi connectivity index (χ3n) is 10.4. The molecule has 0 saturated heterocycles. The number of hydrogen-bond donors (Lipinski definition) is 0. The van der Waals surface area contributed by atoms with E-state index in [0.717, 1.165) is 77.5 Å². The fraction of sp³-hybridized carbons (Fsp3) is 0. The Labute approximate surface area is 298 Å². The van der Waals surface area contributed by atoms with Crippen molar-refractivity contribution in [3.63, 3.8) is 0 Å². The molecule has 11 rings (SSSR count). The first-order chi connectivity index (χ1) is 25.8. The highest BCUT2D eigenvalue weighted by Gasteiger charge is 2.23. The molecule has 0 aliphatic heterocycles. The van der Waals surface area contributed by atoms with Crippen LogP contribution in [-0.2, 0) is 0 Å². The monoisotopic (exact) mass is 663 g/mol. The van der Waals surface area contributed by atoms with Crippen LogP contribution >= 0.6 is 0 Å². The number of rotatable bonds is 4. The standard InChI is InChI=1S/C48H29N3O/c1-3-13-30(14-4-1)40-29-41(50-48(49-40)31-15-5-2-6-16-31)37-23-24-43(47-46(37)39-26-33-18-8-10-20-35(33)28-45(39)52-47)51-42-22-12-11-21-36(42)38-25-32-17-7-9-19-34(32)27-44(38)51/h1-29H. The number of fused-ring (bicyclic) bond motifs is 8. The predicted molar refractivity (Wildman–Crippen MR) is 215 cm³/mol. The second kappa shape index (κ2) is 11.2. The van der Waals surface area contributed by atoms with Gasteiger partial charge in [-0.3, -0.25) is 0 Å². The molecule has 11 aromatic rings. The summed E-state index contributed by atoms with van der Waals surface area (Å²) in [5, 5.41) is 9.23. The molecule has 0 bridgehead atoms. The van der Waals surface area contributed by atoms with Gasteiger partial charge < -0.3 is 8.98 Å².